The topological polar surface area (TPSA) is 96.0 Å². The van der Waals surface area contributed by atoms with Gasteiger partial charge in [-0.3, -0.25) is 13.9 Å². The van der Waals surface area contributed by atoms with Crippen LogP contribution in [0.3, 0.4) is 0 Å². The molecule has 4 aromatic rings. The van der Waals surface area contributed by atoms with Crippen LogP contribution < -0.4 is 14.4 Å². The van der Waals surface area contributed by atoms with Crippen molar-refractivity contribution >= 4 is 50.7 Å². The quantitative estimate of drug-likeness (QED) is 0.149. The lowest BCUT2D eigenvalue weighted by Gasteiger charge is -2.35. The first kappa shape index (κ1) is 35.3. The number of benzene rings is 4. The normalized spacial score (nSPS) is 13.9. The Balaban J connectivity index is 1.61. The number of nitrogens with zero attached hydrogens (tertiary/aromatic N) is 2. The number of hydrogen-bond acceptors (Lipinski definition) is 5. The first-order chi connectivity index (χ1) is 23.2. The second kappa shape index (κ2) is 16.4. The van der Waals surface area contributed by atoms with Crippen LogP contribution in [0.4, 0.5) is 5.69 Å². The minimum Gasteiger partial charge on any atom is -0.492 e. The number of carbonyl (C=O) groups excluding carboxylic acids is 2. The second-order valence-corrected chi connectivity index (χ2v) is 14.3. The molecular formula is C37H39Cl2N3O5S. The van der Waals surface area contributed by atoms with Crippen LogP contribution in [0, 0.1) is 0 Å². The van der Waals surface area contributed by atoms with Crippen molar-refractivity contribution in [3.63, 3.8) is 0 Å². The molecule has 2 amide bonds. The Morgan fingerprint density at radius 1 is 0.854 bits per heavy atom. The van der Waals surface area contributed by atoms with Crippen LogP contribution in [0.15, 0.2) is 108 Å². The summed E-state index contributed by atoms with van der Waals surface area (Å²) in [6.07, 6.45) is 3.92. The molecular weight excluding hydrogens is 669 g/mol. The molecule has 1 aliphatic rings. The van der Waals surface area contributed by atoms with Gasteiger partial charge in [0.2, 0.25) is 11.8 Å². The standard InChI is InChI=1S/C37H39Cl2N3O5S/c1-2-47-35-23-12-11-22-33(35)42(48(45,46)29-18-7-4-8-19-29)26-36(43)41(25-30-31(38)20-13-21-32(30)39)34(24-27-14-5-3-6-15-27)37(44)40-28-16-9-10-17-28/h3-8,11-15,18-23,28,34H,2,9-10,16-17,24-26H2,1H3,(H,40,44)/t34-/m0/s1. The molecule has 0 unspecified atom stereocenters. The van der Waals surface area contributed by atoms with Crippen molar-refractivity contribution in [2.45, 2.75) is 62.6 Å². The van der Waals surface area contributed by atoms with E-state index in [1.807, 2.05) is 30.3 Å². The van der Waals surface area contributed by atoms with Gasteiger partial charge in [-0.25, -0.2) is 8.42 Å². The summed E-state index contributed by atoms with van der Waals surface area (Å²) in [6.45, 7) is 1.33. The smallest absolute Gasteiger partial charge is 0.264 e. The van der Waals surface area contributed by atoms with Crippen molar-refractivity contribution in [1.82, 2.24) is 10.2 Å². The first-order valence-corrected chi connectivity index (χ1v) is 18.2. The van der Waals surface area contributed by atoms with Crippen molar-refractivity contribution in [2.75, 3.05) is 17.5 Å². The lowest BCUT2D eigenvalue weighted by molar-refractivity contribution is -0.140. The van der Waals surface area contributed by atoms with Gasteiger partial charge in [-0.05, 0) is 61.7 Å². The van der Waals surface area contributed by atoms with E-state index >= 15 is 0 Å². The summed E-state index contributed by atoms with van der Waals surface area (Å²) in [5.74, 6) is -0.637. The lowest BCUT2D eigenvalue weighted by Crippen LogP contribution is -2.54. The molecule has 0 aromatic heterocycles. The van der Waals surface area contributed by atoms with E-state index in [-0.39, 0.29) is 42.1 Å². The van der Waals surface area contributed by atoms with E-state index in [2.05, 4.69) is 5.32 Å². The van der Waals surface area contributed by atoms with Crippen LogP contribution in [0.5, 0.6) is 5.75 Å². The van der Waals surface area contributed by atoms with Gasteiger partial charge in [0.25, 0.3) is 10.0 Å². The van der Waals surface area contributed by atoms with Crippen molar-refractivity contribution in [2.24, 2.45) is 0 Å². The van der Waals surface area contributed by atoms with Crippen LogP contribution in [0.2, 0.25) is 10.0 Å². The fourth-order valence-electron chi connectivity index (χ4n) is 5.95. The Hall–Kier alpha value is -4.05. The van der Waals surface area contributed by atoms with Crippen molar-refractivity contribution < 1.29 is 22.7 Å². The molecule has 0 saturated heterocycles. The molecule has 5 rings (SSSR count). The molecule has 4 aromatic carbocycles. The van der Waals surface area contributed by atoms with Crippen LogP contribution in [-0.2, 0) is 32.6 Å². The Bertz CT molecular complexity index is 1780. The van der Waals surface area contributed by atoms with E-state index in [0.717, 1.165) is 35.6 Å². The molecule has 1 fully saturated rings. The number of anilines is 1. The molecule has 1 aliphatic carbocycles. The highest BCUT2D eigenvalue weighted by Crippen LogP contribution is 2.34. The number of hydrogen-bond donors (Lipinski definition) is 1. The molecule has 252 valence electrons. The molecule has 1 N–H and O–H groups in total. The molecule has 0 aliphatic heterocycles. The first-order valence-electron chi connectivity index (χ1n) is 16.0. The summed E-state index contributed by atoms with van der Waals surface area (Å²) in [5.41, 5.74) is 1.48. The zero-order valence-electron chi connectivity index (χ0n) is 26.7. The maximum atomic E-state index is 14.8. The Kier molecular flexibility index (Phi) is 12.0. The number of ether oxygens (including phenoxy) is 1. The highest BCUT2D eigenvalue weighted by atomic mass is 35.5. The third-order valence-electron chi connectivity index (χ3n) is 8.41. The third-order valence-corrected chi connectivity index (χ3v) is 10.9. The number of rotatable bonds is 14. The minimum atomic E-state index is -4.28. The molecule has 0 radical (unpaired) electrons. The van der Waals surface area contributed by atoms with Crippen LogP contribution in [-0.4, -0.2) is 50.4 Å². The molecule has 11 heteroatoms. The monoisotopic (exact) mass is 707 g/mol. The minimum absolute atomic E-state index is 0.00427. The molecule has 48 heavy (non-hydrogen) atoms. The maximum absolute atomic E-state index is 14.8. The number of halogens is 2. The van der Waals surface area contributed by atoms with E-state index in [4.69, 9.17) is 27.9 Å². The van der Waals surface area contributed by atoms with Crippen molar-refractivity contribution in [3.8, 4) is 5.75 Å². The van der Waals surface area contributed by atoms with Gasteiger partial charge >= 0.3 is 0 Å². The highest BCUT2D eigenvalue weighted by molar-refractivity contribution is 7.92. The number of carbonyl (C=O) groups is 2. The van der Waals surface area contributed by atoms with Gasteiger partial charge in [-0.2, -0.15) is 0 Å². The molecule has 0 heterocycles. The molecule has 1 saturated carbocycles. The second-order valence-electron chi connectivity index (χ2n) is 11.6. The largest absolute Gasteiger partial charge is 0.492 e. The van der Waals surface area contributed by atoms with Gasteiger partial charge in [0.15, 0.2) is 0 Å². The number of amides is 2. The predicted molar refractivity (Wildman–Crippen MR) is 190 cm³/mol. The van der Waals surface area contributed by atoms with Crippen molar-refractivity contribution in [3.05, 3.63) is 124 Å². The Labute approximate surface area is 292 Å². The van der Waals surface area contributed by atoms with Crippen molar-refractivity contribution in [1.29, 1.82) is 0 Å². The summed E-state index contributed by atoms with van der Waals surface area (Å²) < 4.78 is 35.5. The van der Waals surface area contributed by atoms with Gasteiger partial charge in [0, 0.05) is 34.6 Å². The summed E-state index contributed by atoms with van der Waals surface area (Å²) in [4.78, 5) is 30.4. The van der Waals surface area contributed by atoms with Gasteiger partial charge < -0.3 is 15.0 Å². The number of nitrogens with one attached hydrogen (secondary N) is 1. The van der Waals surface area contributed by atoms with E-state index in [9.17, 15) is 18.0 Å². The van der Waals surface area contributed by atoms with E-state index in [1.165, 1.54) is 17.0 Å². The lowest BCUT2D eigenvalue weighted by atomic mass is 10.0. The molecule has 0 spiro atoms. The summed E-state index contributed by atoms with van der Waals surface area (Å²) in [7, 11) is -4.28. The van der Waals surface area contributed by atoms with Gasteiger partial charge in [-0.1, -0.05) is 103 Å². The van der Waals surface area contributed by atoms with Gasteiger partial charge in [-0.15, -0.1) is 0 Å². The van der Waals surface area contributed by atoms with Crippen LogP contribution >= 0.6 is 23.2 Å². The fourth-order valence-corrected chi connectivity index (χ4v) is 7.91. The predicted octanol–water partition coefficient (Wildman–Crippen LogP) is 7.29. The number of sulfonamides is 1. The van der Waals surface area contributed by atoms with Gasteiger partial charge in [0.05, 0.1) is 17.2 Å². The Morgan fingerprint density at radius 3 is 2.10 bits per heavy atom. The number of para-hydroxylation sites is 2. The van der Waals surface area contributed by atoms with E-state index in [1.54, 1.807) is 67.6 Å². The zero-order valence-corrected chi connectivity index (χ0v) is 29.1. The fraction of sp³-hybridized carbons (Fsp3) is 0.297. The molecule has 0 bridgehead atoms. The average molecular weight is 709 g/mol. The van der Waals surface area contributed by atoms with E-state index in [0.29, 0.717) is 21.4 Å². The van der Waals surface area contributed by atoms with E-state index < -0.39 is 28.5 Å². The maximum Gasteiger partial charge on any atom is 0.264 e. The summed E-state index contributed by atoms with van der Waals surface area (Å²) in [6, 6.07) is 28.0. The molecule has 8 nitrogen and oxygen atoms in total. The van der Waals surface area contributed by atoms with Crippen LogP contribution in [0.25, 0.3) is 0 Å². The van der Waals surface area contributed by atoms with Crippen LogP contribution in [0.1, 0.15) is 43.7 Å². The molecule has 1 atom stereocenters. The average Bonchev–Trinajstić information content (AvgIpc) is 3.60. The van der Waals surface area contributed by atoms with Gasteiger partial charge in [0.1, 0.15) is 18.3 Å². The SMILES string of the molecule is CCOc1ccccc1N(CC(=O)N(Cc1c(Cl)cccc1Cl)[C@@H](Cc1ccccc1)C(=O)NC1CCCC1)S(=O)(=O)c1ccccc1. The summed E-state index contributed by atoms with van der Waals surface area (Å²) >= 11 is 13.2. The zero-order chi connectivity index (χ0) is 34.1. The highest BCUT2D eigenvalue weighted by Gasteiger charge is 2.36. The Morgan fingerprint density at radius 2 is 1.46 bits per heavy atom. The summed E-state index contributed by atoms with van der Waals surface area (Å²) in [5, 5.41) is 3.81. The third kappa shape index (κ3) is 8.50.